The predicted octanol–water partition coefficient (Wildman–Crippen LogP) is 5.69. The molecule has 0 aromatic heterocycles. The summed E-state index contributed by atoms with van der Waals surface area (Å²) in [5.74, 6) is 0.805. The maximum absolute atomic E-state index is 11.4. The molecule has 0 bridgehead atoms. The molecule has 0 amide bonds. The minimum atomic E-state index is -0.377. The number of carbonyl (C=O) groups excluding carboxylic acids is 1. The summed E-state index contributed by atoms with van der Waals surface area (Å²) in [5.41, 5.74) is 4.55. The number of rotatable bonds is 9. The molecule has 0 fully saturated rings. The Labute approximate surface area is 200 Å². The normalized spacial score (nSPS) is 15.4. The van der Waals surface area contributed by atoms with Crippen LogP contribution in [0, 0.1) is 5.92 Å². The van der Waals surface area contributed by atoms with Crippen LogP contribution in [-0.2, 0) is 27.2 Å². The van der Waals surface area contributed by atoms with Gasteiger partial charge in [0.1, 0.15) is 5.75 Å². The summed E-state index contributed by atoms with van der Waals surface area (Å²) in [4.78, 5) is 17.3. The predicted molar refractivity (Wildman–Crippen MR) is 133 cm³/mol. The van der Waals surface area contributed by atoms with E-state index in [0.717, 1.165) is 36.1 Å². The minimum absolute atomic E-state index is 0.0697. The Morgan fingerprint density at radius 3 is 2.38 bits per heavy atom. The molecule has 174 valence electrons. The Kier molecular flexibility index (Phi) is 8.12. The van der Waals surface area contributed by atoms with Gasteiger partial charge in [0.05, 0.1) is 13.3 Å². The second-order valence-corrected chi connectivity index (χ2v) is 8.21. The highest BCUT2D eigenvalue weighted by Gasteiger charge is 2.20. The molecule has 0 N–H and O–H groups in total. The Morgan fingerprint density at radius 1 is 1.00 bits per heavy atom. The van der Waals surface area contributed by atoms with Crippen LogP contribution < -0.4 is 4.74 Å². The lowest BCUT2D eigenvalue weighted by atomic mass is 9.83. The third-order valence-corrected chi connectivity index (χ3v) is 5.95. The third kappa shape index (κ3) is 6.13. The topological polar surface area (TPSA) is 57.1 Å². The molecule has 0 saturated carbocycles. The first kappa shape index (κ1) is 23.3. The zero-order valence-electron chi connectivity index (χ0n) is 19.3. The molecule has 0 spiro atoms. The van der Waals surface area contributed by atoms with E-state index in [0.29, 0.717) is 5.92 Å². The van der Waals surface area contributed by atoms with Gasteiger partial charge in [0, 0.05) is 0 Å². The fourth-order valence-corrected chi connectivity index (χ4v) is 4.20. The summed E-state index contributed by atoms with van der Waals surface area (Å²) in [6, 6.07) is 26.2. The van der Waals surface area contributed by atoms with Crippen molar-refractivity contribution < 1.29 is 19.1 Å². The van der Waals surface area contributed by atoms with Gasteiger partial charge in [0.25, 0.3) is 0 Å². The van der Waals surface area contributed by atoms with E-state index in [-0.39, 0.29) is 18.7 Å². The molecule has 5 heteroatoms. The summed E-state index contributed by atoms with van der Waals surface area (Å²) >= 11 is 0. The summed E-state index contributed by atoms with van der Waals surface area (Å²) < 4.78 is 10.3. The molecular formula is C29H29NO4. The number of carbonyl (C=O) groups is 1. The van der Waals surface area contributed by atoms with Gasteiger partial charge in [-0.1, -0.05) is 84.0 Å². The largest absolute Gasteiger partial charge is 0.482 e. The van der Waals surface area contributed by atoms with Crippen LogP contribution in [0.4, 0.5) is 0 Å². The SMILES string of the molecule is COC(=O)COc1cccc2c1CCC(C=CC=NOC(c1ccccc1)c1ccccc1)C2. The molecule has 34 heavy (non-hydrogen) atoms. The third-order valence-electron chi connectivity index (χ3n) is 5.95. The Morgan fingerprint density at radius 2 is 1.71 bits per heavy atom. The van der Waals surface area contributed by atoms with Crippen molar-refractivity contribution in [2.45, 2.75) is 25.4 Å². The first-order valence-corrected chi connectivity index (χ1v) is 11.5. The molecule has 0 aliphatic heterocycles. The van der Waals surface area contributed by atoms with Crippen molar-refractivity contribution in [3.63, 3.8) is 0 Å². The van der Waals surface area contributed by atoms with Gasteiger partial charge in [0.15, 0.2) is 12.7 Å². The smallest absolute Gasteiger partial charge is 0.343 e. The highest BCUT2D eigenvalue weighted by molar-refractivity contribution is 5.71. The quantitative estimate of drug-likeness (QED) is 0.236. The summed E-state index contributed by atoms with van der Waals surface area (Å²) in [6.45, 7) is -0.0697. The van der Waals surface area contributed by atoms with Crippen LogP contribution in [0.25, 0.3) is 0 Å². The van der Waals surface area contributed by atoms with Crippen LogP contribution in [0.5, 0.6) is 5.75 Å². The lowest BCUT2D eigenvalue weighted by Crippen LogP contribution is -2.17. The van der Waals surface area contributed by atoms with Crippen molar-refractivity contribution in [1.29, 1.82) is 0 Å². The molecule has 4 rings (SSSR count). The minimum Gasteiger partial charge on any atom is -0.482 e. The van der Waals surface area contributed by atoms with Crippen LogP contribution in [0.3, 0.4) is 0 Å². The van der Waals surface area contributed by atoms with E-state index in [1.165, 1.54) is 18.2 Å². The molecule has 3 aromatic carbocycles. The molecule has 1 aliphatic rings. The van der Waals surface area contributed by atoms with Crippen molar-refractivity contribution in [2.75, 3.05) is 13.7 Å². The van der Waals surface area contributed by atoms with E-state index in [4.69, 9.17) is 9.57 Å². The molecule has 3 aromatic rings. The van der Waals surface area contributed by atoms with E-state index in [1.807, 2.05) is 78.9 Å². The van der Waals surface area contributed by atoms with Crippen molar-refractivity contribution in [3.8, 4) is 5.75 Å². The van der Waals surface area contributed by atoms with Crippen LogP contribution in [0.15, 0.2) is 96.2 Å². The van der Waals surface area contributed by atoms with Crippen molar-refractivity contribution >= 4 is 12.2 Å². The molecule has 0 saturated heterocycles. The maximum atomic E-state index is 11.4. The highest BCUT2D eigenvalue weighted by Crippen LogP contribution is 2.33. The lowest BCUT2D eigenvalue weighted by molar-refractivity contribution is -0.142. The Hall–Kier alpha value is -3.86. The summed E-state index contributed by atoms with van der Waals surface area (Å²) in [5, 5.41) is 4.24. The number of oxime groups is 1. The van der Waals surface area contributed by atoms with Crippen LogP contribution in [0.1, 0.15) is 34.8 Å². The standard InChI is InChI=1S/C29H29NO4/c1-32-28(31)21-33-27-16-8-15-25-20-22(17-18-26(25)27)10-9-19-30-34-29(23-11-4-2-5-12-23)24-13-6-3-7-14-24/h2-16,19,22,29H,17-18,20-21H2,1H3. The zero-order chi connectivity index (χ0) is 23.6. The van der Waals surface area contributed by atoms with E-state index in [1.54, 1.807) is 6.21 Å². The van der Waals surface area contributed by atoms with Gasteiger partial charge in [-0.2, -0.15) is 0 Å². The van der Waals surface area contributed by atoms with E-state index < -0.39 is 0 Å². The van der Waals surface area contributed by atoms with Gasteiger partial charge >= 0.3 is 5.97 Å². The molecule has 0 radical (unpaired) electrons. The van der Waals surface area contributed by atoms with Crippen molar-refractivity contribution in [3.05, 3.63) is 113 Å². The molecule has 1 aliphatic carbocycles. The van der Waals surface area contributed by atoms with Gasteiger partial charge in [-0.25, -0.2) is 4.79 Å². The molecule has 5 nitrogen and oxygen atoms in total. The maximum Gasteiger partial charge on any atom is 0.343 e. The zero-order valence-corrected chi connectivity index (χ0v) is 19.3. The van der Waals surface area contributed by atoms with E-state index in [9.17, 15) is 4.79 Å². The number of ether oxygens (including phenoxy) is 2. The first-order valence-electron chi connectivity index (χ1n) is 11.5. The number of nitrogens with zero attached hydrogens (tertiary/aromatic N) is 1. The Balaban J connectivity index is 1.36. The van der Waals surface area contributed by atoms with E-state index >= 15 is 0 Å². The van der Waals surface area contributed by atoms with Crippen molar-refractivity contribution in [1.82, 2.24) is 0 Å². The number of fused-ring (bicyclic) bond motifs is 1. The number of methoxy groups -OCH3 is 1. The van der Waals surface area contributed by atoms with Crippen LogP contribution in [0.2, 0.25) is 0 Å². The second kappa shape index (κ2) is 11.8. The molecule has 0 heterocycles. The monoisotopic (exact) mass is 455 g/mol. The summed E-state index contributed by atoms with van der Waals surface area (Å²) in [7, 11) is 1.36. The Bertz CT molecular complexity index is 1090. The van der Waals surface area contributed by atoms with Gasteiger partial charge in [-0.3, -0.25) is 0 Å². The average Bonchev–Trinajstić information content (AvgIpc) is 2.90. The average molecular weight is 456 g/mol. The van der Waals surface area contributed by atoms with Gasteiger partial charge in [0.2, 0.25) is 0 Å². The van der Waals surface area contributed by atoms with Gasteiger partial charge in [-0.15, -0.1) is 0 Å². The van der Waals surface area contributed by atoms with Gasteiger partial charge in [-0.05, 0) is 59.6 Å². The fraction of sp³-hybridized carbons (Fsp3) is 0.241. The van der Waals surface area contributed by atoms with Crippen LogP contribution in [-0.4, -0.2) is 25.9 Å². The number of benzene rings is 3. The van der Waals surface area contributed by atoms with Crippen molar-refractivity contribution in [2.24, 2.45) is 11.1 Å². The lowest BCUT2D eigenvalue weighted by Gasteiger charge is -2.24. The molecule has 1 unspecified atom stereocenters. The number of allylic oxidation sites excluding steroid dienone is 2. The first-order chi connectivity index (χ1) is 16.7. The van der Waals surface area contributed by atoms with Gasteiger partial charge < -0.3 is 14.3 Å². The van der Waals surface area contributed by atoms with Crippen LogP contribution >= 0.6 is 0 Å². The van der Waals surface area contributed by atoms with E-state index in [2.05, 4.69) is 22.0 Å². The molecule has 1 atom stereocenters. The second-order valence-electron chi connectivity index (χ2n) is 8.21. The number of esters is 1. The highest BCUT2D eigenvalue weighted by atomic mass is 16.6. The fourth-order valence-electron chi connectivity index (χ4n) is 4.20. The summed E-state index contributed by atoms with van der Waals surface area (Å²) in [6.07, 6.45) is 8.43. The molecular weight excluding hydrogens is 426 g/mol. The number of hydrogen-bond acceptors (Lipinski definition) is 5. The number of hydrogen-bond donors (Lipinski definition) is 0.